The molecular formula is C21H21F3N6O4. The molecule has 0 unspecified atom stereocenters. The van der Waals surface area contributed by atoms with Gasteiger partial charge in [0.15, 0.2) is 12.3 Å². The second kappa shape index (κ2) is 8.29. The molecule has 3 aliphatic rings. The predicted molar refractivity (Wildman–Crippen MR) is 109 cm³/mol. The predicted octanol–water partition coefficient (Wildman–Crippen LogP) is 2.19. The van der Waals surface area contributed by atoms with E-state index >= 15 is 0 Å². The summed E-state index contributed by atoms with van der Waals surface area (Å²) < 4.78 is 49.1. The summed E-state index contributed by atoms with van der Waals surface area (Å²) in [5.41, 5.74) is 0.477. The third-order valence-corrected chi connectivity index (χ3v) is 6.08. The average molecular weight is 478 g/mol. The fraction of sp³-hybridized carbons (Fsp3) is 0.476. The van der Waals surface area contributed by atoms with E-state index in [4.69, 9.17) is 4.74 Å². The molecule has 0 spiro atoms. The Hall–Kier alpha value is -3.64. The molecule has 0 aromatic carbocycles. The Labute approximate surface area is 190 Å². The van der Waals surface area contributed by atoms with Crippen molar-refractivity contribution in [2.24, 2.45) is 5.41 Å². The number of rotatable bonds is 10. The Morgan fingerprint density at radius 2 is 2.03 bits per heavy atom. The number of aromatic nitrogens is 4. The molecule has 3 heterocycles. The van der Waals surface area contributed by atoms with Crippen LogP contribution in [0.2, 0.25) is 0 Å². The van der Waals surface area contributed by atoms with E-state index in [9.17, 15) is 22.8 Å². The molecule has 2 amide bonds. The molecule has 2 N–H and O–H groups in total. The fourth-order valence-corrected chi connectivity index (χ4v) is 4.69. The molecule has 3 fully saturated rings. The highest BCUT2D eigenvalue weighted by molar-refractivity contribution is 5.95. The largest absolute Gasteiger partial charge is 0.469 e. The number of alkyl halides is 3. The average Bonchev–Trinajstić information content (AvgIpc) is 3.38. The van der Waals surface area contributed by atoms with Crippen molar-refractivity contribution in [3.05, 3.63) is 41.5 Å². The van der Waals surface area contributed by atoms with Gasteiger partial charge in [-0.25, -0.2) is 22.7 Å². The van der Waals surface area contributed by atoms with Crippen LogP contribution in [-0.2, 0) is 17.9 Å². The summed E-state index contributed by atoms with van der Waals surface area (Å²) in [6.45, 7) is -0.605. The number of nitrogens with zero attached hydrogens (tertiary/aromatic N) is 4. The highest BCUT2D eigenvalue weighted by Crippen LogP contribution is 2.71. The number of imidazole rings is 1. The number of nitrogens with one attached hydrogen (secondary N) is 2. The lowest BCUT2D eigenvalue weighted by Gasteiger charge is -2.65. The van der Waals surface area contributed by atoms with Gasteiger partial charge >= 0.3 is 0 Å². The van der Waals surface area contributed by atoms with E-state index in [1.807, 2.05) is 0 Å². The van der Waals surface area contributed by atoms with Gasteiger partial charge in [0.25, 0.3) is 18.2 Å². The standard InChI is InChI=1S/C21H21F3N6O4/c22-15(23)8-33-19-14(7-34-29-19)18(32)26-5-13-6-30-16(28-13)1-12(4-27-30)3-25-17(31)2-20-9-21(24,10-20)11-20/h1,4,6-7,15H,2-3,5,8-11H2,(H,25,31)(H,26,32)/t20-,21+. The van der Waals surface area contributed by atoms with Gasteiger partial charge in [-0.15, -0.1) is 0 Å². The maximum Gasteiger partial charge on any atom is 0.272 e. The van der Waals surface area contributed by atoms with Crippen LogP contribution in [0.15, 0.2) is 29.2 Å². The molecule has 0 radical (unpaired) electrons. The maximum atomic E-state index is 13.6. The van der Waals surface area contributed by atoms with Crippen LogP contribution in [0.1, 0.15) is 47.3 Å². The SMILES string of the molecule is O=C(C[C@]12C[C@@](F)(C1)C2)NCc1cnn2cc(CNC(=O)c3conc3OCC(F)F)nc2c1. The number of fused-ring (bicyclic) bond motifs is 1. The third kappa shape index (κ3) is 4.41. The summed E-state index contributed by atoms with van der Waals surface area (Å²) in [6.07, 6.45) is 3.29. The number of carbonyl (C=O) groups excluding carboxylic acids is 2. The number of hydrogen-bond acceptors (Lipinski definition) is 7. The smallest absolute Gasteiger partial charge is 0.272 e. The summed E-state index contributed by atoms with van der Waals surface area (Å²) in [5.74, 6) is -1.06. The summed E-state index contributed by atoms with van der Waals surface area (Å²) in [5, 5.41) is 13.1. The molecule has 0 saturated heterocycles. The van der Waals surface area contributed by atoms with Crippen LogP contribution >= 0.6 is 0 Å². The van der Waals surface area contributed by atoms with E-state index in [2.05, 4.69) is 30.4 Å². The van der Waals surface area contributed by atoms with E-state index in [1.165, 1.54) is 4.52 Å². The van der Waals surface area contributed by atoms with Gasteiger partial charge in [-0.2, -0.15) is 5.10 Å². The van der Waals surface area contributed by atoms with Gasteiger partial charge in [-0.1, -0.05) is 0 Å². The Bertz CT molecular complexity index is 1220. The molecule has 0 atom stereocenters. The van der Waals surface area contributed by atoms with Gasteiger partial charge in [0.2, 0.25) is 5.91 Å². The van der Waals surface area contributed by atoms with Crippen LogP contribution in [0, 0.1) is 5.41 Å². The van der Waals surface area contributed by atoms with Gasteiger partial charge in [0.1, 0.15) is 17.5 Å². The van der Waals surface area contributed by atoms with Crippen molar-refractivity contribution in [2.75, 3.05) is 6.61 Å². The maximum absolute atomic E-state index is 13.6. The summed E-state index contributed by atoms with van der Waals surface area (Å²) in [4.78, 5) is 28.9. The van der Waals surface area contributed by atoms with Crippen molar-refractivity contribution in [3.63, 3.8) is 0 Å². The monoisotopic (exact) mass is 478 g/mol. The topological polar surface area (TPSA) is 124 Å². The van der Waals surface area contributed by atoms with Crippen LogP contribution in [-0.4, -0.2) is 50.3 Å². The van der Waals surface area contributed by atoms with Gasteiger partial charge in [-0.3, -0.25) is 9.59 Å². The van der Waals surface area contributed by atoms with E-state index in [0.29, 0.717) is 37.0 Å². The number of ether oxygens (including phenoxy) is 1. The first-order valence-electron chi connectivity index (χ1n) is 10.6. The van der Waals surface area contributed by atoms with E-state index in [1.54, 1.807) is 18.5 Å². The quantitative estimate of drug-likeness (QED) is 0.458. The molecule has 3 aliphatic carbocycles. The van der Waals surface area contributed by atoms with Crippen LogP contribution in [0.3, 0.4) is 0 Å². The summed E-state index contributed by atoms with van der Waals surface area (Å²) in [6, 6.07) is 1.76. The van der Waals surface area contributed by atoms with Crippen molar-refractivity contribution in [2.45, 2.75) is 50.9 Å². The number of halogens is 3. The number of carbonyl (C=O) groups is 2. The Morgan fingerprint density at radius 1 is 1.24 bits per heavy atom. The second-order valence-corrected chi connectivity index (χ2v) is 8.95. The van der Waals surface area contributed by atoms with Gasteiger partial charge in [0.05, 0.1) is 24.6 Å². The first-order chi connectivity index (χ1) is 16.2. The van der Waals surface area contributed by atoms with Crippen LogP contribution in [0.5, 0.6) is 5.88 Å². The Balaban J connectivity index is 1.14. The number of hydrogen-bond donors (Lipinski definition) is 2. The lowest BCUT2D eigenvalue weighted by atomic mass is 9.41. The van der Waals surface area contributed by atoms with E-state index < -0.39 is 24.6 Å². The Kier molecular flexibility index (Phi) is 5.41. The Morgan fingerprint density at radius 3 is 2.76 bits per heavy atom. The zero-order valence-electron chi connectivity index (χ0n) is 17.9. The van der Waals surface area contributed by atoms with Crippen molar-refractivity contribution in [3.8, 4) is 5.88 Å². The third-order valence-electron chi connectivity index (χ3n) is 6.08. The molecule has 3 aromatic rings. The van der Waals surface area contributed by atoms with Crippen LogP contribution in [0.25, 0.3) is 5.65 Å². The van der Waals surface area contributed by atoms with Crippen molar-refractivity contribution >= 4 is 17.5 Å². The van der Waals surface area contributed by atoms with Gasteiger partial charge < -0.3 is 19.9 Å². The molecule has 3 aromatic heterocycles. The minimum Gasteiger partial charge on any atom is -0.469 e. The van der Waals surface area contributed by atoms with Crippen molar-refractivity contribution in [1.29, 1.82) is 0 Å². The summed E-state index contributed by atoms with van der Waals surface area (Å²) in [7, 11) is 0. The zero-order chi connectivity index (χ0) is 23.9. The highest BCUT2D eigenvalue weighted by atomic mass is 19.3. The minimum absolute atomic E-state index is 0.0336. The lowest BCUT2D eigenvalue weighted by molar-refractivity contribution is -0.215. The van der Waals surface area contributed by atoms with Crippen LogP contribution in [0.4, 0.5) is 13.2 Å². The second-order valence-electron chi connectivity index (χ2n) is 8.95. The lowest BCUT2D eigenvalue weighted by Crippen LogP contribution is -2.65. The highest BCUT2D eigenvalue weighted by Gasteiger charge is 2.69. The van der Waals surface area contributed by atoms with Crippen molar-refractivity contribution in [1.82, 2.24) is 30.4 Å². The normalized spacial score (nSPS) is 22.8. The first kappa shape index (κ1) is 22.2. The minimum atomic E-state index is -2.71. The van der Waals surface area contributed by atoms with E-state index in [-0.39, 0.29) is 35.9 Å². The number of amides is 2. The molecule has 2 bridgehead atoms. The molecule has 13 heteroatoms. The molecule has 3 saturated carbocycles. The first-order valence-corrected chi connectivity index (χ1v) is 10.6. The molecule has 0 aliphatic heterocycles. The molecule has 180 valence electrons. The van der Waals surface area contributed by atoms with Gasteiger partial charge in [-0.05, 0) is 41.5 Å². The molecule has 10 nitrogen and oxygen atoms in total. The van der Waals surface area contributed by atoms with Gasteiger partial charge in [0, 0.05) is 13.0 Å². The molecular weight excluding hydrogens is 457 g/mol. The van der Waals surface area contributed by atoms with E-state index in [0.717, 1.165) is 11.8 Å². The molecule has 6 rings (SSSR count). The van der Waals surface area contributed by atoms with Crippen LogP contribution < -0.4 is 15.4 Å². The summed E-state index contributed by atoms with van der Waals surface area (Å²) >= 11 is 0. The van der Waals surface area contributed by atoms with Crippen molar-refractivity contribution < 1.29 is 32.0 Å². The molecule has 34 heavy (non-hydrogen) atoms. The fourth-order valence-electron chi connectivity index (χ4n) is 4.69. The zero-order valence-corrected chi connectivity index (χ0v) is 17.9.